The normalized spacial score (nSPS) is 18.0. The van der Waals surface area contributed by atoms with E-state index in [1.54, 1.807) is 6.07 Å². The molecule has 27 heavy (non-hydrogen) atoms. The van der Waals surface area contributed by atoms with Gasteiger partial charge in [-0.15, -0.1) is 0 Å². The Balaban J connectivity index is 1.58. The first-order chi connectivity index (χ1) is 13.2. The van der Waals surface area contributed by atoms with Gasteiger partial charge in [-0.3, -0.25) is 4.90 Å². The van der Waals surface area contributed by atoms with Crippen LogP contribution in [0.25, 0.3) is 10.9 Å². The van der Waals surface area contributed by atoms with Crippen molar-refractivity contribution in [2.75, 3.05) is 31.6 Å². The van der Waals surface area contributed by atoms with E-state index >= 15 is 0 Å². The highest BCUT2D eigenvalue weighted by Gasteiger charge is 2.26. The van der Waals surface area contributed by atoms with E-state index < -0.39 is 5.82 Å². The molecule has 6 heteroatoms. The van der Waals surface area contributed by atoms with Crippen molar-refractivity contribution in [2.45, 2.75) is 19.5 Å². The highest BCUT2D eigenvalue weighted by Crippen LogP contribution is 2.31. The maximum absolute atomic E-state index is 14.0. The second-order valence-electron chi connectivity index (χ2n) is 6.96. The van der Waals surface area contributed by atoms with Crippen LogP contribution in [0.15, 0.2) is 48.8 Å². The molecule has 1 aliphatic heterocycles. The Hall–Kier alpha value is -2.73. The van der Waals surface area contributed by atoms with Crippen LogP contribution < -0.4 is 9.64 Å². The van der Waals surface area contributed by atoms with Gasteiger partial charge in [0.15, 0.2) is 11.6 Å². The number of benzene rings is 2. The lowest BCUT2D eigenvalue weighted by molar-refractivity contribution is 0.220. The van der Waals surface area contributed by atoms with Crippen LogP contribution in [0.5, 0.6) is 5.75 Å². The number of fused-ring (bicyclic) bond motifs is 1. The number of halogens is 1. The van der Waals surface area contributed by atoms with E-state index in [0.29, 0.717) is 5.52 Å². The Morgan fingerprint density at radius 1 is 1.15 bits per heavy atom. The topological polar surface area (TPSA) is 41.5 Å². The first kappa shape index (κ1) is 17.7. The molecule has 3 aromatic rings. The lowest BCUT2D eigenvalue weighted by Crippen LogP contribution is -2.52. The van der Waals surface area contributed by atoms with E-state index in [-0.39, 0.29) is 11.8 Å². The van der Waals surface area contributed by atoms with Crippen molar-refractivity contribution < 1.29 is 9.13 Å². The summed E-state index contributed by atoms with van der Waals surface area (Å²) in [6, 6.07) is 13.9. The number of methoxy groups -OCH3 is 1. The summed E-state index contributed by atoms with van der Waals surface area (Å²) < 4.78 is 19.2. The zero-order valence-electron chi connectivity index (χ0n) is 15.6. The van der Waals surface area contributed by atoms with Gasteiger partial charge in [0.25, 0.3) is 0 Å². The standard InChI is InChI=1S/C21H23FN4O/c1-15-12-25(13-16-6-4-3-5-7-16)8-9-26(15)21-17-10-20(27-2)18(22)11-19(17)23-14-24-21/h3-7,10-11,14-15H,8-9,12-13H2,1-2H3. The molecule has 4 rings (SSSR count). The van der Waals surface area contributed by atoms with Crippen molar-refractivity contribution in [2.24, 2.45) is 0 Å². The Kier molecular flexibility index (Phi) is 4.90. The number of nitrogens with zero attached hydrogens (tertiary/aromatic N) is 4. The SMILES string of the molecule is COc1cc2c(N3CCN(Cc4ccccc4)CC3C)ncnc2cc1F. The van der Waals surface area contributed by atoms with E-state index in [0.717, 1.165) is 37.4 Å². The Morgan fingerprint density at radius 2 is 1.96 bits per heavy atom. The number of hydrogen-bond donors (Lipinski definition) is 0. The van der Waals surface area contributed by atoms with E-state index in [2.05, 4.69) is 51.0 Å². The maximum Gasteiger partial charge on any atom is 0.167 e. The molecule has 2 heterocycles. The van der Waals surface area contributed by atoms with Gasteiger partial charge in [0, 0.05) is 43.7 Å². The molecule has 0 bridgehead atoms. The van der Waals surface area contributed by atoms with Crippen LogP contribution in [0.2, 0.25) is 0 Å². The minimum absolute atomic E-state index is 0.217. The largest absolute Gasteiger partial charge is 0.494 e. The van der Waals surface area contributed by atoms with Crippen LogP contribution in [0.4, 0.5) is 10.2 Å². The van der Waals surface area contributed by atoms with E-state index in [1.807, 2.05) is 6.07 Å². The molecule has 0 saturated carbocycles. The zero-order chi connectivity index (χ0) is 18.8. The molecule has 1 atom stereocenters. The van der Waals surface area contributed by atoms with Gasteiger partial charge in [-0.05, 0) is 18.6 Å². The highest BCUT2D eigenvalue weighted by atomic mass is 19.1. The number of rotatable bonds is 4. The van der Waals surface area contributed by atoms with Crippen molar-refractivity contribution in [1.29, 1.82) is 0 Å². The third kappa shape index (κ3) is 3.57. The molecule has 0 spiro atoms. The van der Waals surface area contributed by atoms with E-state index in [9.17, 15) is 4.39 Å². The lowest BCUT2D eigenvalue weighted by Gasteiger charge is -2.41. The van der Waals surface area contributed by atoms with Gasteiger partial charge in [0.2, 0.25) is 0 Å². The van der Waals surface area contributed by atoms with Crippen LogP contribution in [-0.4, -0.2) is 47.7 Å². The summed E-state index contributed by atoms with van der Waals surface area (Å²) in [6.07, 6.45) is 1.51. The molecule has 140 valence electrons. The fourth-order valence-corrected chi connectivity index (χ4v) is 3.76. The molecular weight excluding hydrogens is 343 g/mol. The van der Waals surface area contributed by atoms with Crippen molar-refractivity contribution in [1.82, 2.24) is 14.9 Å². The fraction of sp³-hybridized carbons (Fsp3) is 0.333. The molecule has 1 saturated heterocycles. The summed E-state index contributed by atoms with van der Waals surface area (Å²) in [6.45, 7) is 5.90. The Bertz CT molecular complexity index is 934. The van der Waals surface area contributed by atoms with Gasteiger partial charge in [0.05, 0.1) is 12.6 Å². The van der Waals surface area contributed by atoms with Gasteiger partial charge >= 0.3 is 0 Å². The highest BCUT2D eigenvalue weighted by molar-refractivity contribution is 5.90. The Labute approximate surface area is 158 Å². The number of aromatic nitrogens is 2. The first-order valence-electron chi connectivity index (χ1n) is 9.17. The summed E-state index contributed by atoms with van der Waals surface area (Å²) in [7, 11) is 1.47. The lowest BCUT2D eigenvalue weighted by atomic mass is 10.1. The monoisotopic (exact) mass is 366 g/mol. The van der Waals surface area contributed by atoms with Crippen molar-refractivity contribution in [3.8, 4) is 5.75 Å². The molecule has 1 unspecified atom stereocenters. The molecule has 1 aliphatic rings. The van der Waals surface area contributed by atoms with Gasteiger partial charge in [-0.25, -0.2) is 14.4 Å². The molecule has 0 radical (unpaired) electrons. The number of anilines is 1. The van der Waals surface area contributed by atoms with Crippen LogP contribution in [0.1, 0.15) is 12.5 Å². The third-order valence-electron chi connectivity index (χ3n) is 5.12. The second-order valence-corrected chi connectivity index (χ2v) is 6.96. The molecular formula is C21H23FN4O. The van der Waals surface area contributed by atoms with Crippen LogP contribution in [0.3, 0.4) is 0 Å². The second kappa shape index (κ2) is 7.48. The van der Waals surface area contributed by atoms with Crippen LogP contribution >= 0.6 is 0 Å². The molecule has 5 nitrogen and oxygen atoms in total. The summed E-state index contributed by atoms with van der Waals surface area (Å²) >= 11 is 0. The average molecular weight is 366 g/mol. The van der Waals surface area contributed by atoms with Crippen molar-refractivity contribution in [3.05, 3.63) is 60.2 Å². The van der Waals surface area contributed by atoms with Gasteiger partial charge < -0.3 is 9.64 Å². The maximum atomic E-state index is 14.0. The predicted octanol–water partition coefficient (Wildman–Crippen LogP) is 3.49. The van der Waals surface area contributed by atoms with Gasteiger partial charge in [-0.1, -0.05) is 30.3 Å². The quantitative estimate of drug-likeness (QED) is 0.707. The minimum Gasteiger partial charge on any atom is -0.494 e. The van der Waals surface area contributed by atoms with Gasteiger partial charge in [0.1, 0.15) is 12.1 Å². The van der Waals surface area contributed by atoms with Crippen molar-refractivity contribution in [3.63, 3.8) is 0 Å². The number of hydrogen-bond acceptors (Lipinski definition) is 5. The molecule has 0 N–H and O–H groups in total. The van der Waals surface area contributed by atoms with E-state index in [4.69, 9.17) is 4.74 Å². The fourth-order valence-electron chi connectivity index (χ4n) is 3.76. The number of ether oxygens (including phenoxy) is 1. The zero-order valence-corrected chi connectivity index (χ0v) is 15.6. The molecule has 0 aliphatic carbocycles. The number of piperazine rings is 1. The smallest absolute Gasteiger partial charge is 0.167 e. The molecule has 0 amide bonds. The summed E-state index contributed by atoms with van der Waals surface area (Å²) in [5.74, 6) is 0.648. The first-order valence-corrected chi connectivity index (χ1v) is 9.17. The molecule has 1 aromatic heterocycles. The third-order valence-corrected chi connectivity index (χ3v) is 5.12. The average Bonchev–Trinajstić information content (AvgIpc) is 2.68. The summed E-state index contributed by atoms with van der Waals surface area (Å²) in [5, 5.41) is 0.819. The molecule has 2 aromatic carbocycles. The van der Waals surface area contributed by atoms with E-state index in [1.165, 1.54) is 25.1 Å². The minimum atomic E-state index is -0.407. The summed E-state index contributed by atoms with van der Waals surface area (Å²) in [5.41, 5.74) is 1.92. The van der Waals surface area contributed by atoms with Crippen LogP contribution in [-0.2, 0) is 6.54 Å². The molecule has 1 fully saturated rings. The summed E-state index contributed by atoms with van der Waals surface area (Å²) in [4.78, 5) is 13.5. The predicted molar refractivity (Wildman–Crippen MR) is 105 cm³/mol. The van der Waals surface area contributed by atoms with Gasteiger partial charge in [-0.2, -0.15) is 0 Å². The van der Waals surface area contributed by atoms with Crippen LogP contribution in [0, 0.1) is 5.82 Å². The Morgan fingerprint density at radius 3 is 2.70 bits per heavy atom. The van der Waals surface area contributed by atoms with Crippen molar-refractivity contribution >= 4 is 16.7 Å².